The highest BCUT2D eigenvalue weighted by atomic mass is 16.2. The molecule has 6 nitrogen and oxygen atoms in total. The van der Waals surface area contributed by atoms with Crippen LogP contribution in [0.2, 0.25) is 0 Å². The van der Waals surface area contributed by atoms with E-state index in [9.17, 15) is 9.59 Å². The molecule has 1 saturated heterocycles. The van der Waals surface area contributed by atoms with E-state index >= 15 is 0 Å². The van der Waals surface area contributed by atoms with E-state index in [0.29, 0.717) is 5.69 Å². The van der Waals surface area contributed by atoms with Crippen molar-refractivity contribution in [3.63, 3.8) is 0 Å². The summed E-state index contributed by atoms with van der Waals surface area (Å²) in [6.45, 7) is 1.71. The molecule has 1 N–H and O–H groups in total. The second kappa shape index (κ2) is 5.05. The molecule has 1 aromatic carbocycles. The van der Waals surface area contributed by atoms with Gasteiger partial charge in [0.2, 0.25) is 5.91 Å². The quantitative estimate of drug-likeness (QED) is 0.895. The number of rotatable bonds is 2. The van der Waals surface area contributed by atoms with Crippen molar-refractivity contribution in [3.8, 4) is 0 Å². The fourth-order valence-corrected chi connectivity index (χ4v) is 2.53. The predicted octanol–water partition coefficient (Wildman–Crippen LogP) is 1.01. The Bertz CT molecular complexity index is 680. The van der Waals surface area contributed by atoms with E-state index in [1.54, 1.807) is 31.0 Å². The number of carbonyl (C=O) groups is 2. The molecule has 2 amide bonds. The van der Waals surface area contributed by atoms with Crippen molar-refractivity contribution in [2.45, 2.75) is 19.0 Å². The Morgan fingerprint density at radius 3 is 2.52 bits per heavy atom. The van der Waals surface area contributed by atoms with E-state index in [0.717, 1.165) is 5.56 Å². The summed E-state index contributed by atoms with van der Waals surface area (Å²) in [6, 6.07) is 8.03. The van der Waals surface area contributed by atoms with Crippen LogP contribution in [0.15, 0.2) is 42.7 Å². The Hall–Kier alpha value is -2.63. The molecular weight excluding hydrogens is 268 g/mol. The summed E-state index contributed by atoms with van der Waals surface area (Å²) < 4.78 is 1.61. The van der Waals surface area contributed by atoms with Gasteiger partial charge in [-0.2, -0.15) is 5.10 Å². The van der Waals surface area contributed by atoms with Crippen LogP contribution < -0.4 is 10.2 Å². The van der Waals surface area contributed by atoms with Crippen molar-refractivity contribution in [2.75, 3.05) is 4.90 Å². The van der Waals surface area contributed by atoms with Gasteiger partial charge in [0.1, 0.15) is 12.1 Å². The molecule has 0 spiro atoms. The lowest BCUT2D eigenvalue weighted by Crippen LogP contribution is -2.58. The number of amides is 2. The second-order valence-electron chi connectivity index (χ2n) is 5.11. The molecule has 1 aliphatic rings. The number of aryl methyl sites for hydroxylation is 1. The van der Waals surface area contributed by atoms with Gasteiger partial charge in [-0.15, -0.1) is 0 Å². The topological polar surface area (TPSA) is 67.2 Å². The summed E-state index contributed by atoms with van der Waals surface area (Å²) in [5.74, 6) is -0.325. The van der Waals surface area contributed by atoms with E-state index in [1.807, 2.05) is 30.3 Å². The molecule has 1 aliphatic heterocycles. The van der Waals surface area contributed by atoms with Gasteiger partial charge in [0.15, 0.2) is 0 Å². The largest absolute Gasteiger partial charge is 0.339 e. The Morgan fingerprint density at radius 1 is 1.19 bits per heavy atom. The molecule has 21 heavy (non-hydrogen) atoms. The number of nitrogens with zero attached hydrogens (tertiary/aromatic N) is 3. The molecule has 0 bridgehead atoms. The Morgan fingerprint density at radius 2 is 1.90 bits per heavy atom. The number of nitrogens with one attached hydrogen (secondary N) is 1. The maximum atomic E-state index is 12.8. The number of hydrogen-bond acceptors (Lipinski definition) is 3. The van der Waals surface area contributed by atoms with Crippen molar-refractivity contribution < 1.29 is 9.59 Å². The van der Waals surface area contributed by atoms with Crippen LogP contribution in [0, 0.1) is 0 Å². The average molecular weight is 284 g/mol. The third-order valence-corrected chi connectivity index (χ3v) is 3.64. The van der Waals surface area contributed by atoms with Crippen LogP contribution in [0.5, 0.6) is 0 Å². The van der Waals surface area contributed by atoms with E-state index in [4.69, 9.17) is 0 Å². The minimum atomic E-state index is -0.657. The van der Waals surface area contributed by atoms with Gasteiger partial charge in [-0.05, 0) is 12.5 Å². The van der Waals surface area contributed by atoms with Gasteiger partial charge >= 0.3 is 0 Å². The Balaban J connectivity index is 1.99. The van der Waals surface area contributed by atoms with Crippen LogP contribution in [0.3, 0.4) is 0 Å². The zero-order valence-electron chi connectivity index (χ0n) is 11.9. The first-order valence-electron chi connectivity index (χ1n) is 6.75. The molecule has 2 atom stereocenters. The maximum absolute atomic E-state index is 12.8. The van der Waals surface area contributed by atoms with Crippen LogP contribution in [0.4, 0.5) is 5.69 Å². The monoisotopic (exact) mass is 284 g/mol. The fraction of sp³-hybridized carbons (Fsp3) is 0.267. The fourth-order valence-electron chi connectivity index (χ4n) is 2.53. The smallest absolute Gasteiger partial charge is 0.255 e. The van der Waals surface area contributed by atoms with Gasteiger partial charge in [-0.3, -0.25) is 19.2 Å². The molecule has 0 aliphatic carbocycles. The van der Waals surface area contributed by atoms with Crippen LogP contribution in [-0.4, -0.2) is 27.6 Å². The van der Waals surface area contributed by atoms with Gasteiger partial charge < -0.3 is 5.32 Å². The molecule has 1 fully saturated rings. The normalized spacial score (nSPS) is 22.3. The molecule has 0 radical (unpaired) electrons. The number of hydrogen-bond donors (Lipinski definition) is 1. The van der Waals surface area contributed by atoms with Crippen LogP contribution in [-0.2, 0) is 16.6 Å². The summed E-state index contributed by atoms with van der Waals surface area (Å²) in [7, 11) is 1.78. The molecule has 0 saturated carbocycles. The van der Waals surface area contributed by atoms with E-state index in [1.165, 1.54) is 4.90 Å². The highest BCUT2D eigenvalue weighted by Crippen LogP contribution is 2.26. The maximum Gasteiger partial charge on any atom is 0.255 e. The zero-order chi connectivity index (χ0) is 15.0. The lowest BCUT2D eigenvalue weighted by atomic mass is 10.0. The van der Waals surface area contributed by atoms with Crippen molar-refractivity contribution >= 4 is 17.5 Å². The first-order chi connectivity index (χ1) is 10.1. The second-order valence-corrected chi connectivity index (χ2v) is 5.11. The molecule has 2 aromatic rings. The Kier molecular flexibility index (Phi) is 3.21. The third kappa shape index (κ3) is 2.29. The SMILES string of the molecule is CC1C(=O)NC(c2ccccc2)C(=O)N1c1cnn(C)c1. The zero-order valence-corrected chi connectivity index (χ0v) is 11.9. The van der Waals surface area contributed by atoms with Gasteiger partial charge in [-0.25, -0.2) is 0 Å². The molecule has 6 heteroatoms. The van der Waals surface area contributed by atoms with Crippen molar-refractivity contribution in [3.05, 3.63) is 48.3 Å². The summed E-state index contributed by atoms with van der Waals surface area (Å²) in [4.78, 5) is 26.5. The van der Waals surface area contributed by atoms with Crippen molar-refractivity contribution in [1.29, 1.82) is 0 Å². The van der Waals surface area contributed by atoms with E-state index < -0.39 is 12.1 Å². The van der Waals surface area contributed by atoms with Gasteiger partial charge in [0, 0.05) is 13.2 Å². The van der Waals surface area contributed by atoms with Crippen LogP contribution in [0.25, 0.3) is 0 Å². The lowest BCUT2D eigenvalue weighted by Gasteiger charge is -2.36. The minimum Gasteiger partial charge on any atom is -0.339 e. The summed E-state index contributed by atoms with van der Waals surface area (Å²) in [6.07, 6.45) is 3.32. The predicted molar refractivity (Wildman–Crippen MR) is 77.5 cm³/mol. The number of aromatic nitrogens is 2. The summed E-state index contributed by atoms with van der Waals surface area (Å²) in [5, 5.41) is 6.86. The summed E-state index contributed by atoms with van der Waals surface area (Å²) in [5.41, 5.74) is 1.41. The molecule has 2 unspecified atom stereocenters. The van der Waals surface area contributed by atoms with Gasteiger partial charge in [-0.1, -0.05) is 30.3 Å². The lowest BCUT2D eigenvalue weighted by molar-refractivity contribution is -0.133. The highest BCUT2D eigenvalue weighted by Gasteiger charge is 2.40. The molecule has 3 rings (SSSR count). The van der Waals surface area contributed by atoms with Crippen molar-refractivity contribution in [1.82, 2.24) is 15.1 Å². The first kappa shape index (κ1) is 13.4. The van der Waals surface area contributed by atoms with E-state index in [2.05, 4.69) is 10.4 Å². The number of anilines is 1. The molecule has 108 valence electrons. The minimum absolute atomic E-state index is 0.152. The standard InChI is InChI=1S/C15H16N4O2/c1-10-14(20)17-13(11-6-4-3-5-7-11)15(21)19(10)12-8-16-18(2)9-12/h3-10,13H,1-2H3,(H,17,20). The third-order valence-electron chi connectivity index (χ3n) is 3.64. The van der Waals surface area contributed by atoms with Crippen molar-refractivity contribution in [2.24, 2.45) is 7.05 Å². The van der Waals surface area contributed by atoms with Gasteiger partial charge in [0.25, 0.3) is 5.91 Å². The van der Waals surface area contributed by atoms with E-state index in [-0.39, 0.29) is 11.8 Å². The Labute approximate surface area is 122 Å². The highest BCUT2D eigenvalue weighted by molar-refractivity contribution is 6.08. The summed E-state index contributed by atoms with van der Waals surface area (Å²) >= 11 is 0. The molecular formula is C15H16N4O2. The average Bonchev–Trinajstić information content (AvgIpc) is 2.90. The molecule has 1 aromatic heterocycles. The van der Waals surface area contributed by atoms with Gasteiger partial charge in [0.05, 0.1) is 11.9 Å². The van der Waals surface area contributed by atoms with Crippen LogP contribution >= 0.6 is 0 Å². The number of carbonyl (C=O) groups excluding carboxylic acids is 2. The first-order valence-corrected chi connectivity index (χ1v) is 6.75. The van der Waals surface area contributed by atoms with Crippen LogP contribution in [0.1, 0.15) is 18.5 Å². The molecule has 2 heterocycles. The number of piperazine rings is 1. The number of benzene rings is 1.